The zero-order chi connectivity index (χ0) is 20.9. The van der Waals surface area contributed by atoms with Crippen LogP contribution in [0.3, 0.4) is 0 Å². The van der Waals surface area contributed by atoms with Crippen molar-refractivity contribution in [3.8, 4) is 17.1 Å². The number of methoxy groups -OCH3 is 1. The van der Waals surface area contributed by atoms with Crippen molar-refractivity contribution in [2.45, 2.75) is 32.7 Å². The number of ether oxygens (including phenoxy) is 1. The summed E-state index contributed by atoms with van der Waals surface area (Å²) >= 11 is 0. The van der Waals surface area contributed by atoms with Gasteiger partial charge in [0.25, 0.3) is 0 Å². The zero-order valence-corrected chi connectivity index (χ0v) is 17.3. The third-order valence-electron chi connectivity index (χ3n) is 5.80. The summed E-state index contributed by atoms with van der Waals surface area (Å²) in [7, 11) is 1.64. The smallest absolute Gasteiger partial charge is 0.226 e. The fourth-order valence-corrected chi connectivity index (χ4v) is 4.50. The van der Waals surface area contributed by atoms with Crippen LogP contribution in [-0.4, -0.2) is 27.7 Å². The number of carbonyl (C=O) groups excluding carboxylic acids is 1. The van der Waals surface area contributed by atoms with Gasteiger partial charge in [0.05, 0.1) is 12.7 Å². The van der Waals surface area contributed by atoms with Crippen LogP contribution >= 0.6 is 0 Å². The van der Waals surface area contributed by atoms with Crippen LogP contribution in [0.4, 0.5) is 5.95 Å². The summed E-state index contributed by atoms with van der Waals surface area (Å²) in [4.78, 5) is 18.0. The molecule has 1 aromatic heterocycles. The van der Waals surface area contributed by atoms with Gasteiger partial charge in [0.1, 0.15) is 11.8 Å². The topological polar surface area (TPSA) is 69.0 Å². The number of para-hydroxylation sites is 1. The Morgan fingerprint density at radius 1 is 1.07 bits per heavy atom. The number of aromatic nitrogens is 3. The Kier molecular flexibility index (Phi) is 4.24. The van der Waals surface area contributed by atoms with E-state index in [1.54, 1.807) is 7.11 Å². The molecule has 0 spiro atoms. The lowest BCUT2D eigenvalue weighted by molar-refractivity contribution is -0.118. The summed E-state index contributed by atoms with van der Waals surface area (Å²) < 4.78 is 7.35. The first-order chi connectivity index (χ1) is 14.5. The number of ketones is 1. The molecule has 0 bridgehead atoms. The lowest BCUT2D eigenvalue weighted by Gasteiger charge is -2.38. The molecule has 2 aromatic carbocycles. The van der Waals surface area contributed by atoms with Crippen molar-refractivity contribution in [3.63, 3.8) is 0 Å². The summed E-state index contributed by atoms with van der Waals surface area (Å²) in [6.07, 6.45) is 1.33. The molecule has 1 atom stereocenters. The van der Waals surface area contributed by atoms with E-state index >= 15 is 0 Å². The summed E-state index contributed by atoms with van der Waals surface area (Å²) in [5, 5.41) is 8.25. The molecule has 1 unspecified atom stereocenters. The molecule has 152 valence electrons. The maximum atomic E-state index is 13.2. The number of nitrogens with zero attached hydrogens (tertiary/aromatic N) is 3. The van der Waals surface area contributed by atoms with E-state index in [4.69, 9.17) is 14.8 Å². The predicted molar refractivity (Wildman–Crippen MR) is 115 cm³/mol. The normalized spacial score (nSPS) is 19.7. The van der Waals surface area contributed by atoms with Gasteiger partial charge in [-0.3, -0.25) is 4.79 Å². The van der Waals surface area contributed by atoms with Gasteiger partial charge in [-0.1, -0.05) is 56.3 Å². The van der Waals surface area contributed by atoms with E-state index < -0.39 is 0 Å². The number of Topliss-reactive ketones (excluding diaryl/α,β-unsaturated/α-hetero) is 1. The lowest BCUT2D eigenvalue weighted by atomic mass is 9.73. The van der Waals surface area contributed by atoms with Gasteiger partial charge >= 0.3 is 0 Å². The van der Waals surface area contributed by atoms with Gasteiger partial charge in [-0.05, 0) is 29.5 Å². The van der Waals surface area contributed by atoms with Crippen LogP contribution in [0.25, 0.3) is 11.4 Å². The molecule has 2 heterocycles. The van der Waals surface area contributed by atoms with Gasteiger partial charge in [-0.15, -0.1) is 5.10 Å². The highest BCUT2D eigenvalue weighted by atomic mass is 16.5. The fraction of sp³-hybridized carbons (Fsp3) is 0.292. The number of hydrogen-bond acceptors (Lipinski definition) is 5. The van der Waals surface area contributed by atoms with E-state index in [0.717, 1.165) is 28.8 Å². The molecule has 0 amide bonds. The minimum Gasteiger partial charge on any atom is -0.496 e. The first kappa shape index (κ1) is 18.6. The quantitative estimate of drug-likeness (QED) is 0.695. The van der Waals surface area contributed by atoms with E-state index in [9.17, 15) is 4.79 Å². The van der Waals surface area contributed by atoms with Gasteiger partial charge in [-0.25, -0.2) is 4.68 Å². The van der Waals surface area contributed by atoms with Crippen molar-refractivity contribution in [2.75, 3.05) is 12.4 Å². The molecule has 5 rings (SSSR count). The Labute approximate surface area is 175 Å². The summed E-state index contributed by atoms with van der Waals surface area (Å²) in [6, 6.07) is 17.5. The van der Waals surface area contributed by atoms with Crippen molar-refractivity contribution in [1.82, 2.24) is 14.8 Å². The Bertz CT molecular complexity index is 1160. The van der Waals surface area contributed by atoms with Crippen LogP contribution in [0.15, 0.2) is 65.9 Å². The van der Waals surface area contributed by atoms with Gasteiger partial charge in [0, 0.05) is 17.7 Å². The molecular formula is C24H24N4O2. The maximum absolute atomic E-state index is 13.2. The second-order valence-corrected chi connectivity index (χ2v) is 8.68. The number of hydrogen-bond donors (Lipinski definition) is 1. The van der Waals surface area contributed by atoms with Crippen LogP contribution in [0.2, 0.25) is 0 Å². The molecule has 0 saturated heterocycles. The fourth-order valence-electron chi connectivity index (χ4n) is 4.50. The Morgan fingerprint density at radius 2 is 1.80 bits per heavy atom. The van der Waals surface area contributed by atoms with Crippen molar-refractivity contribution >= 4 is 11.7 Å². The average molecular weight is 400 g/mol. The van der Waals surface area contributed by atoms with E-state index in [1.807, 2.05) is 59.3 Å². The molecule has 1 aliphatic carbocycles. The van der Waals surface area contributed by atoms with Gasteiger partial charge in [0.15, 0.2) is 11.6 Å². The van der Waals surface area contributed by atoms with E-state index in [0.29, 0.717) is 23.9 Å². The third-order valence-corrected chi connectivity index (χ3v) is 5.80. The van der Waals surface area contributed by atoms with Crippen molar-refractivity contribution in [2.24, 2.45) is 5.41 Å². The van der Waals surface area contributed by atoms with Crippen molar-refractivity contribution < 1.29 is 9.53 Å². The van der Waals surface area contributed by atoms with E-state index in [1.165, 1.54) is 0 Å². The number of carbonyl (C=O) groups is 1. The largest absolute Gasteiger partial charge is 0.496 e. The minimum atomic E-state index is -0.294. The number of anilines is 1. The number of nitrogens with one attached hydrogen (secondary N) is 1. The summed E-state index contributed by atoms with van der Waals surface area (Å²) in [5.41, 5.74) is 3.51. The molecule has 1 N–H and O–H groups in total. The first-order valence-electron chi connectivity index (χ1n) is 10.1. The molecule has 6 heteroatoms. The summed E-state index contributed by atoms with van der Waals surface area (Å²) in [5.74, 6) is 2.10. The summed E-state index contributed by atoms with van der Waals surface area (Å²) in [6.45, 7) is 4.26. The van der Waals surface area contributed by atoms with Gasteiger partial charge < -0.3 is 10.1 Å². The van der Waals surface area contributed by atoms with Crippen molar-refractivity contribution in [1.29, 1.82) is 0 Å². The second-order valence-electron chi connectivity index (χ2n) is 8.68. The SMILES string of the molecule is COc1ccccc1-c1nc2n(n1)C(c1ccccc1)C1=C(CC(C)(C)CC1=O)N2. The number of allylic oxidation sites excluding steroid dienone is 2. The molecular weight excluding hydrogens is 376 g/mol. The molecule has 1 aliphatic heterocycles. The lowest BCUT2D eigenvalue weighted by Crippen LogP contribution is -2.36. The standard InChI is InChI=1S/C24H24N4O2/c1-24(2)13-17-20(18(29)14-24)21(15-9-5-4-6-10-15)28-23(25-17)26-22(27-28)16-11-7-8-12-19(16)30-3/h4-12,21H,13-14H2,1-3H3,(H,25,26,27). The van der Waals surface area contributed by atoms with Crippen LogP contribution in [0.1, 0.15) is 38.3 Å². The zero-order valence-electron chi connectivity index (χ0n) is 17.3. The highest BCUT2D eigenvalue weighted by Crippen LogP contribution is 2.45. The van der Waals surface area contributed by atoms with Crippen LogP contribution in [0.5, 0.6) is 5.75 Å². The number of benzene rings is 2. The van der Waals surface area contributed by atoms with Crippen LogP contribution in [-0.2, 0) is 4.79 Å². The Hall–Kier alpha value is -3.41. The first-order valence-corrected chi connectivity index (χ1v) is 10.1. The molecule has 0 saturated carbocycles. The van der Waals surface area contributed by atoms with Gasteiger partial charge in [0.2, 0.25) is 5.95 Å². The third kappa shape index (κ3) is 3.00. The molecule has 6 nitrogen and oxygen atoms in total. The van der Waals surface area contributed by atoms with Crippen molar-refractivity contribution in [3.05, 3.63) is 71.4 Å². The molecule has 3 aromatic rings. The van der Waals surface area contributed by atoms with Crippen LogP contribution < -0.4 is 10.1 Å². The van der Waals surface area contributed by atoms with E-state index in [-0.39, 0.29) is 17.2 Å². The Morgan fingerprint density at radius 3 is 2.57 bits per heavy atom. The monoisotopic (exact) mass is 400 g/mol. The number of fused-ring (bicyclic) bond motifs is 1. The van der Waals surface area contributed by atoms with Crippen LogP contribution in [0, 0.1) is 5.41 Å². The maximum Gasteiger partial charge on any atom is 0.226 e. The molecule has 0 radical (unpaired) electrons. The predicted octanol–water partition coefficient (Wildman–Crippen LogP) is 4.61. The second kappa shape index (κ2) is 6.83. The van der Waals surface area contributed by atoms with E-state index in [2.05, 4.69) is 19.2 Å². The molecule has 0 fully saturated rings. The highest BCUT2D eigenvalue weighted by molar-refractivity contribution is 6.00. The molecule has 30 heavy (non-hydrogen) atoms. The Balaban J connectivity index is 1.69. The minimum absolute atomic E-state index is 0.0855. The average Bonchev–Trinajstić information content (AvgIpc) is 3.15. The highest BCUT2D eigenvalue weighted by Gasteiger charge is 2.41. The molecule has 2 aliphatic rings. The number of rotatable bonds is 3. The van der Waals surface area contributed by atoms with Gasteiger partial charge in [-0.2, -0.15) is 4.98 Å².